The number of hydrogen-bond acceptors (Lipinski definition) is 1. The Hall–Kier alpha value is -0.560. The van der Waals surface area contributed by atoms with E-state index in [2.05, 4.69) is 19.9 Å². The SMILES string of the molecule is CC1=CC(O)CC(C)=CCC1. The number of aliphatic hydroxyl groups excluding tert-OH is 1. The van der Waals surface area contributed by atoms with Crippen molar-refractivity contribution < 1.29 is 5.11 Å². The average Bonchev–Trinajstić information content (AvgIpc) is 1.83. The third-order valence-corrected chi connectivity index (χ3v) is 2.04. The van der Waals surface area contributed by atoms with Crippen LogP contribution in [0.3, 0.4) is 0 Å². The highest BCUT2D eigenvalue weighted by Crippen LogP contribution is 2.16. The Labute approximate surface area is 68.4 Å². The molecule has 0 saturated carbocycles. The molecule has 0 aromatic rings. The van der Waals surface area contributed by atoms with Crippen LogP contribution in [0.15, 0.2) is 23.3 Å². The topological polar surface area (TPSA) is 20.2 Å². The van der Waals surface area contributed by atoms with Crippen LogP contribution >= 0.6 is 0 Å². The van der Waals surface area contributed by atoms with Gasteiger partial charge in [-0.2, -0.15) is 0 Å². The van der Waals surface area contributed by atoms with Crippen LogP contribution in [-0.4, -0.2) is 11.2 Å². The van der Waals surface area contributed by atoms with E-state index in [1.807, 2.05) is 6.08 Å². The molecule has 1 aliphatic carbocycles. The Morgan fingerprint density at radius 2 is 2.09 bits per heavy atom. The van der Waals surface area contributed by atoms with Crippen LogP contribution in [0, 0.1) is 0 Å². The fraction of sp³-hybridized carbons (Fsp3) is 0.600. The average molecular weight is 152 g/mol. The standard InChI is InChI=1S/C10H16O/c1-8-4-3-5-9(2)7-10(11)6-8/h4,7,10-11H,3,5-6H2,1-2H3. The van der Waals surface area contributed by atoms with Gasteiger partial charge in [-0.05, 0) is 33.1 Å². The first-order valence-corrected chi connectivity index (χ1v) is 4.19. The van der Waals surface area contributed by atoms with Gasteiger partial charge in [-0.3, -0.25) is 0 Å². The van der Waals surface area contributed by atoms with Crippen molar-refractivity contribution in [3.63, 3.8) is 0 Å². The molecule has 0 radical (unpaired) electrons. The van der Waals surface area contributed by atoms with Crippen molar-refractivity contribution in [1.29, 1.82) is 0 Å². The molecule has 1 heteroatoms. The summed E-state index contributed by atoms with van der Waals surface area (Å²) in [6.07, 6.45) is 6.95. The minimum Gasteiger partial charge on any atom is -0.389 e. The van der Waals surface area contributed by atoms with Gasteiger partial charge in [-0.1, -0.05) is 23.3 Å². The molecule has 0 fully saturated rings. The van der Waals surface area contributed by atoms with Crippen molar-refractivity contribution in [3.05, 3.63) is 23.3 Å². The van der Waals surface area contributed by atoms with E-state index in [9.17, 15) is 5.11 Å². The van der Waals surface area contributed by atoms with Crippen LogP contribution in [0.4, 0.5) is 0 Å². The molecule has 0 heterocycles. The number of hydrogen-bond donors (Lipinski definition) is 1. The Bertz CT molecular complexity index is 189. The number of aliphatic hydroxyl groups is 1. The molecule has 1 unspecified atom stereocenters. The lowest BCUT2D eigenvalue weighted by atomic mass is 10.00. The van der Waals surface area contributed by atoms with Crippen molar-refractivity contribution in [2.45, 2.75) is 39.2 Å². The smallest absolute Gasteiger partial charge is 0.0760 e. The summed E-state index contributed by atoms with van der Waals surface area (Å²) in [4.78, 5) is 0. The lowest BCUT2D eigenvalue weighted by Crippen LogP contribution is -2.05. The lowest BCUT2D eigenvalue weighted by Gasteiger charge is -2.11. The van der Waals surface area contributed by atoms with E-state index >= 15 is 0 Å². The second-order valence-electron chi connectivity index (χ2n) is 3.37. The Balaban J connectivity index is 2.62. The molecule has 0 saturated heterocycles. The number of rotatable bonds is 0. The van der Waals surface area contributed by atoms with Gasteiger partial charge in [0.25, 0.3) is 0 Å². The van der Waals surface area contributed by atoms with E-state index in [-0.39, 0.29) is 6.10 Å². The molecule has 1 nitrogen and oxygen atoms in total. The predicted octanol–water partition coefficient (Wildman–Crippen LogP) is 2.42. The molecule has 11 heavy (non-hydrogen) atoms. The van der Waals surface area contributed by atoms with Crippen molar-refractivity contribution in [1.82, 2.24) is 0 Å². The van der Waals surface area contributed by atoms with Crippen LogP contribution in [-0.2, 0) is 0 Å². The zero-order chi connectivity index (χ0) is 8.27. The molecule has 1 rings (SSSR count). The zero-order valence-electron chi connectivity index (χ0n) is 7.30. The van der Waals surface area contributed by atoms with E-state index in [4.69, 9.17) is 0 Å². The van der Waals surface area contributed by atoms with Crippen LogP contribution in [0.5, 0.6) is 0 Å². The summed E-state index contributed by atoms with van der Waals surface area (Å²) in [5, 5.41) is 9.44. The molecule has 62 valence electrons. The lowest BCUT2D eigenvalue weighted by molar-refractivity contribution is 0.222. The predicted molar refractivity (Wildman–Crippen MR) is 47.4 cm³/mol. The summed E-state index contributed by atoms with van der Waals surface area (Å²) < 4.78 is 0. The molecular weight excluding hydrogens is 136 g/mol. The molecule has 0 aromatic carbocycles. The van der Waals surface area contributed by atoms with Gasteiger partial charge in [0.05, 0.1) is 6.10 Å². The maximum atomic E-state index is 9.44. The summed E-state index contributed by atoms with van der Waals surface area (Å²) in [5.41, 5.74) is 2.61. The Morgan fingerprint density at radius 3 is 2.82 bits per heavy atom. The summed E-state index contributed by atoms with van der Waals surface area (Å²) in [6.45, 7) is 4.16. The largest absolute Gasteiger partial charge is 0.389 e. The molecule has 0 spiro atoms. The van der Waals surface area contributed by atoms with E-state index < -0.39 is 0 Å². The molecule has 1 N–H and O–H groups in total. The van der Waals surface area contributed by atoms with Gasteiger partial charge in [-0.15, -0.1) is 0 Å². The highest BCUT2D eigenvalue weighted by atomic mass is 16.3. The maximum absolute atomic E-state index is 9.44. The molecule has 0 aliphatic heterocycles. The maximum Gasteiger partial charge on any atom is 0.0760 e. The third kappa shape index (κ3) is 2.89. The molecule has 0 bridgehead atoms. The minimum absolute atomic E-state index is 0.258. The minimum atomic E-state index is -0.258. The van der Waals surface area contributed by atoms with Gasteiger partial charge in [0.2, 0.25) is 0 Å². The quantitative estimate of drug-likeness (QED) is 0.528. The third-order valence-electron chi connectivity index (χ3n) is 2.04. The second kappa shape index (κ2) is 3.72. The molecule has 0 aromatic heterocycles. The Morgan fingerprint density at radius 1 is 1.36 bits per heavy atom. The first-order chi connectivity index (χ1) is 5.18. The van der Waals surface area contributed by atoms with Crippen LogP contribution < -0.4 is 0 Å². The molecular formula is C10H16O. The van der Waals surface area contributed by atoms with Gasteiger partial charge < -0.3 is 5.11 Å². The second-order valence-corrected chi connectivity index (χ2v) is 3.37. The van der Waals surface area contributed by atoms with Gasteiger partial charge in [-0.25, -0.2) is 0 Å². The first-order valence-electron chi connectivity index (χ1n) is 4.19. The van der Waals surface area contributed by atoms with E-state index in [1.54, 1.807) is 0 Å². The fourth-order valence-electron chi connectivity index (χ4n) is 1.43. The van der Waals surface area contributed by atoms with Gasteiger partial charge in [0.1, 0.15) is 0 Å². The van der Waals surface area contributed by atoms with Gasteiger partial charge in [0.15, 0.2) is 0 Å². The fourth-order valence-corrected chi connectivity index (χ4v) is 1.43. The van der Waals surface area contributed by atoms with Crippen LogP contribution in [0.25, 0.3) is 0 Å². The van der Waals surface area contributed by atoms with Crippen molar-refractivity contribution in [2.24, 2.45) is 0 Å². The van der Waals surface area contributed by atoms with Crippen molar-refractivity contribution in [2.75, 3.05) is 0 Å². The van der Waals surface area contributed by atoms with Crippen LogP contribution in [0.2, 0.25) is 0 Å². The van der Waals surface area contributed by atoms with E-state index in [0.29, 0.717) is 0 Å². The summed E-state index contributed by atoms with van der Waals surface area (Å²) in [5.74, 6) is 0. The highest BCUT2D eigenvalue weighted by Gasteiger charge is 2.04. The summed E-state index contributed by atoms with van der Waals surface area (Å²) in [6, 6.07) is 0. The first kappa shape index (κ1) is 8.54. The molecule has 1 atom stereocenters. The summed E-state index contributed by atoms with van der Waals surface area (Å²) in [7, 11) is 0. The monoisotopic (exact) mass is 152 g/mol. The normalized spacial score (nSPS) is 26.6. The van der Waals surface area contributed by atoms with E-state index in [1.165, 1.54) is 11.1 Å². The zero-order valence-corrected chi connectivity index (χ0v) is 7.30. The van der Waals surface area contributed by atoms with E-state index in [0.717, 1.165) is 19.3 Å². The molecule has 0 amide bonds. The van der Waals surface area contributed by atoms with Crippen molar-refractivity contribution in [3.8, 4) is 0 Å². The van der Waals surface area contributed by atoms with Crippen molar-refractivity contribution >= 4 is 0 Å². The van der Waals surface area contributed by atoms with Crippen LogP contribution in [0.1, 0.15) is 33.1 Å². The molecule has 1 aliphatic rings. The highest BCUT2D eigenvalue weighted by molar-refractivity contribution is 5.12. The summed E-state index contributed by atoms with van der Waals surface area (Å²) >= 11 is 0. The number of allylic oxidation sites excluding steroid dienone is 2. The Kier molecular flexibility index (Phi) is 2.89. The van der Waals surface area contributed by atoms with Gasteiger partial charge >= 0.3 is 0 Å². The van der Waals surface area contributed by atoms with Gasteiger partial charge in [0, 0.05) is 0 Å².